The van der Waals surface area contributed by atoms with Crippen molar-refractivity contribution in [3.63, 3.8) is 0 Å². The number of aryl methyl sites for hydroxylation is 1. The summed E-state index contributed by atoms with van der Waals surface area (Å²) < 4.78 is 0. The van der Waals surface area contributed by atoms with E-state index < -0.39 is 0 Å². The molecule has 0 aromatic carbocycles. The van der Waals surface area contributed by atoms with Crippen LogP contribution < -0.4 is 10.6 Å². The second kappa shape index (κ2) is 3.53. The normalized spacial score (nSPS) is 15.6. The summed E-state index contributed by atoms with van der Waals surface area (Å²) in [7, 11) is 2.05. The molecule has 1 aliphatic carbocycles. The van der Waals surface area contributed by atoms with Gasteiger partial charge in [0.2, 0.25) is 5.95 Å². The highest BCUT2D eigenvalue weighted by atomic mass is 15.3. The first-order valence-electron chi connectivity index (χ1n) is 4.98. The second-order valence-electron chi connectivity index (χ2n) is 3.85. The van der Waals surface area contributed by atoms with Gasteiger partial charge in [-0.05, 0) is 25.8 Å². The third-order valence-electron chi connectivity index (χ3n) is 2.51. The largest absolute Gasteiger partial charge is 0.341 e. The molecule has 0 bridgehead atoms. The molecule has 2 rings (SSSR count). The van der Waals surface area contributed by atoms with Crippen molar-refractivity contribution in [1.29, 1.82) is 0 Å². The molecule has 0 aliphatic heterocycles. The molecule has 0 spiro atoms. The van der Waals surface area contributed by atoms with Gasteiger partial charge in [-0.15, -0.1) is 0 Å². The molecular weight excluding hydrogens is 176 g/mol. The van der Waals surface area contributed by atoms with Gasteiger partial charge in [-0.1, -0.05) is 0 Å². The fourth-order valence-electron chi connectivity index (χ4n) is 1.50. The quantitative estimate of drug-likeness (QED) is 0.771. The van der Waals surface area contributed by atoms with Gasteiger partial charge in [-0.25, -0.2) is 9.97 Å². The third-order valence-corrected chi connectivity index (χ3v) is 2.51. The van der Waals surface area contributed by atoms with Crippen molar-refractivity contribution in [2.24, 2.45) is 5.73 Å². The van der Waals surface area contributed by atoms with Gasteiger partial charge in [0.1, 0.15) is 0 Å². The van der Waals surface area contributed by atoms with E-state index in [1.807, 2.05) is 20.0 Å². The summed E-state index contributed by atoms with van der Waals surface area (Å²) in [5.74, 6) is 0.813. The summed E-state index contributed by atoms with van der Waals surface area (Å²) in [5, 5.41) is 0. The summed E-state index contributed by atoms with van der Waals surface area (Å²) in [6.45, 7) is 2.46. The minimum Gasteiger partial charge on any atom is -0.341 e. The lowest BCUT2D eigenvalue weighted by molar-refractivity contribution is 0.833. The van der Waals surface area contributed by atoms with E-state index >= 15 is 0 Å². The first kappa shape index (κ1) is 9.40. The van der Waals surface area contributed by atoms with Gasteiger partial charge in [0.15, 0.2) is 0 Å². The second-order valence-corrected chi connectivity index (χ2v) is 3.85. The molecule has 1 saturated carbocycles. The molecule has 4 nitrogen and oxygen atoms in total. The van der Waals surface area contributed by atoms with Crippen LogP contribution in [-0.4, -0.2) is 23.1 Å². The molecule has 1 aliphatic rings. The Morgan fingerprint density at radius 1 is 1.50 bits per heavy atom. The lowest BCUT2D eigenvalue weighted by Gasteiger charge is -2.16. The van der Waals surface area contributed by atoms with E-state index in [1.54, 1.807) is 0 Å². The zero-order valence-electron chi connectivity index (χ0n) is 8.70. The van der Waals surface area contributed by atoms with E-state index in [2.05, 4.69) is 14.9 Å². The van der Waals surface area contributed by atoms with Gasteiger partial charge in [0.25, 0.3) is 0 Å². The monoisotopic (exact) mass is 192 g/mol. The molecular formula is C10H16N4. The van der Waals surface area contributed by atoms with Crippen LogP contribution in [0.4, 0.5) is 5.95 Å². The minimum absolute atomic E-state index is 0.481. The summed E-state index contributed by atoms with van der Waals surface area (Å²) in [4.78, 5) is 11.0. The van der Waals surface area contributed by atoms with Gasteiger partial charge >= 0.3 is 0 Å². The van der Waals surface area contributed by atoms with Crippen molar-refractivity contribution >= 4 is 5.95 Å². The Labute approximate surface area is 84.2 Å². The van der Waals surface area contributed by atoms with Crippen LogP contribution >= 0.6 is 0 Å². The number of nitrogens with zero attached hydrogens (tertiary/aromatic N) is 3. The van der Waals surface area contributed by atoms with Gasteiger partial charge in [-0.3, -0.25) is 0 Å². The van der Waals surface area contributed by atoms with Crippen molar-refractivity contribution in [1.82, 2.24) is 9.97 Å². The minimum atomic E-state index is 0.481. The molecule has 2 N–H and O–H groups in total. The highest BCUT2D eigenvalue weighted by Crippen LogP contribution is 2.28. The van der Waals surface area contributed by atoms with Crippen molar-refractivity contribution in [2.75, 3.05) is 11.9 Å². The first-order valence-corrected chi connectivity index (χ1v) is 4.98. The number of aromatic nitrogens is 2. The van der Waals surface area contributed by atoms with Crippen molar-refractivity contribution < 1.29 is 0 Å². The summed E-state index contributed by atoms with van der Waals surface area (Å²) in [6, 6.07) is 2.58. The zero-order chi connectivity index (χ0) is 10.1. The summed E-state index contributed by atoms with van der Waals surface area (Å²) in [6.07, 6.45) is 2.51. The molecule has 0 unspecified atom stereocenters. The maximum absolute atomic E-state index is 5.57. The molecule has 0 saturated heterocycles. The highest BCUT2D eigenvalue weighted by Gasteiger charge is 2.28. The number of anilines is 1. The average Bonchev–Trinajstić information content (AvgIpc) is 2.99. The predicted molar refractivity (Wildman–Crippen MR) is 56.1 cm³/mol. The smallest absolute Gasteiger partial charge is 0.225 e. The molecule has 0 amide bonds. The zero-order valence-corrected chi connectivity index (χ0v) is 8.70. The Kier molecular flexibility index (Phi) is 2.37. The molecule has 1 aromatic heterocycles. The Hall–Kier alpha value is -1.16. The van der Waals surface area contributed by atoms with Gasteiger partial charge in [-0.2, -0.15) is 0 Å². The average molecular weight is 192 g/mol. The van der Waals surface area contributed by atoms with E-state index in [1.165, 1.54) is 12.8 Å². The van der Waals surface area contributed by atoms with Crippen LogP contribution in [0.5, 0.6) is 0 Å². The Morgan fingerprint density at radius 3 is 2.79 bits per heavy atom. The van der Waals surface area contributed by atoms with Gasteiger partial charge in [0, 0.05) is 25.3 Å². The molecule has 1 heterocycles. The highest BCUT2D eigenvalue weighted by molar-refractivity contribution is 5.34. The Bertz CT molecular complexity index is 333. The standard InChI is InChI=1S/C10H16N4/c1-7-5-8(6-11)13-10(12-7)14(2)9-3-4-9/h5,9H,3-4,6,11H2,1-2H3. The molecule has 0 atom stereocenters. The van der Waals surface area contributed by atoms with Crippen molar-refractivity contribution in [3.05, 3.63) is 17.5 Å². The molecule has 4 heteroatoms. The van der Waals surface area contributed by atoms with E-state index in [0.717, 1.165) is 17.3 Å². The maximum Gasteiger partial charge on any atom is 0.225 e. The van der Waals surface area contributed by atoms with Crippen molar-refractivity contribution in [2.45, 2.75) is 32.4 Å². The molecule has 1 fully saturated rings. The van der Waals surface area contributed by atoms with Crippen LogP contribution in [-0.2, 0) is 6.54 Å². The SMILES string of the molecule is Cc1cc(CN)nc(N(C)C2CC2)n1. The summed E-state index contributed by atoms with van der Waals surface area (Å²) >= 11 is 0. The van der Waals surface area contributed by atoms with Crippen molar-refractivity contribution in [3.8, 4) is 0 Å². The van der Waals surface area contributed by atoms with Crippen LogP contribution in [0.3, 0.4) is 0 Å². The van der Waals surface area contributed by atoms with Gasteiger partial charge in [0.05, 0.1) is 5.69 Å². The lowest BCUT2D eigenvalue weighted by Crippen LogP contribution is -2.23. The topological polar surface area (TPSA) is 55.0 Å². The fraction of sp³-hybridized carbons (Fsp3) is 0.600. The predicted octanol–water partition coefficient (Wildman–Crippen LogP) is 0.842. The number of hydrogen-bond acceptors (Lipinski definition) is 4. The molecule has 0 radical (unpaired) electrons. The molecule has 14 heavy (non-hydrogen) atoms. The van der Waals surface area contributed by atoms with Crippen LogP contribution in [0.2, 0.25) is 0 Å². The number of rotatable bonds is 3. The Morgan fingerprint density at radius 2 is 2.21 bits per heavy atom. The van der Waals surface area contributed by atoms with E-state index in [9.17, 15) is 0 Å². The summed E-state index contributed by atoms with van der Waals surface area (Å²) in [5.41, 5.74) is 7.48. The van der Waals surface area contributed by atoms with Crippen LogP contribution in [0.1, 0.15) is 24.2 Å². The lowest BCUT2D eigenvalue weighted by atomic mass is 10.3. The molecule has 1 aromatic rings. The third kappa shape index (κ3) is 1.85. The fourth-order valence-corrected chi connectivity index (χ4v) is 1.50. The van der Waals surface area contributed by atoms with E-state index in [0.29, 0.717) is 12.6 Å². The Balaban J connectivity index is 2.27. The molecule has 76 valence electrons. The number of nitrogens with two attached hydrogens (primary N) is 1. The van der Waals surface area contributed by atoms with E-state index in [4.69, 9.17) is 5.73 Å². The van der Waals surface area contributed by atoms with Gasteiger partial charge < -0.3 is 10.6 Å². The van der Waals surface area contributed by atoms with Crippen LogP contribution in [0.15, 0.2) is 6.07 Å². The number of hydrogen-bond donors (Lipinski definition) is 1. The first-order chi connectivity index (χ1) is 6.70. The maximum atomic E-state index is 5.57. The van der Waals surface area contributed by atoms with E-state index in [-0.39, 0.29) is 0 Å². The van der Waals surface area contributed by atoms with Crippen LogP contribution in [0.25, 0.3) is 0 Å². The van der Waals surface area contributed by atoms with Crippen LogP contribution in [0, 0.1) is 6.92 Å².